The van der Waals surface area contributed by atoms with Crippen molar-refractivity contribution in [3.05, 3.63) is 0 Å². The number of hydrogen-bond acceptors (Lipinski definition) is 3. The molecule has 0 aromatic heterocycles. The zero-order valence-corrected chi connectivity index (χ0v) is 14.3. The number of piperidine rings is 1. The van der Waals surface area contributed by atoms with Crippen molar-refractivity contribution in [2.24, 2.45) is 17.3 Å². The summed E-state index contributed by atoms with van der Waals surface area (Å²) in [7, 11) is 1.63. The minimum atomic E-state index is -0.858. The summed E-state index contributed by atoms with van der Waals surface area (Å²) >= 11 is 0. The Morgan fingerprint density at radius 1 is 1.32 bits per heavy atom. The lowest BCUT2D eigenvalue weighted by molar-refractivity contribution is -0.148. The molecule has 2 amide bonds. The SMILES string of the molecule is CC(C(=O)N(C)CC(=O)N1CCCC(C(=O)O)C1)C(C)(C)C. The van der Waals surface area contributed by atoms with E-state index in [0.717, 1.165) is 0 Å². The van der Waals surface area contributed by atoms with Crippen LogP contribution in [0.15, 0.2) is 0 Å². The van der Waals surface area contributed by atoms with Gasteiger partial charge < -0.3 is 14.9 Å². The average Bonchev–Trinajstić information content (AvgIpc) is 2.44. The molecule has 1 aliphatic heterocycles. The molecule has 6 heteroatoms. The molecule has 6 nitrogen and oxygen atoms in total. The van der Waals surface area contributed by atoms with E-state index in [4.69, 9.17) is 5.11 Å². The van der Waals surface area contributed by atoms with Gasteiger partial charge in [0, 0.05) is 26.1 Å². The van der Waals surface area contributed by atoms with E-state index in [1.807, 2.05) is 27.7 Å². The second kappa shape index (κ2) is 7.11. The van der Waals surface area contributed by atoms with Crippen molar-refractivity contribution in [2.45, 2.75) is 40.5 Å². The van der Waals surface area contributed by atoms with Gasteiger partial charge in [0.05, 0.1) is 12.5 Å². The van der Waals surface area contributed by atoms with Gasteiger partial charge in [0.25, 0.3) is 0 Å². The molecule has 126 valence electrons. The average molecular weight is 312 g/mol. The number of aliphatic carboxylic acids is 1. The van der Waals surface area contributed by atoms with Crippen LogP contribution in [0.2, 0.25) is 0 Å². The molecule has 1 aliphatic rings. The number of hydrogen-bond donors (Lipinski definition) is 1. The van der Waals surface area contributed by atoms with Gasteiger partial charge in [-0.25, -0.2) is 0 Å². The fraction of sp³-hybridized carbons (Fsp3) is 0.812. The van der Waals surface area contributed by atoms with E-state index in [9.17, 15) is 14.4 Å². The second-order valence-corrected chi connectivity index (χ2v) is 7.30. The zero-order valence-electron chi connectivity index (χ0n) is 14.3. The molecule has 1 fully saturated rings. The molecule has 1 rings (SSSR count). The number of likely N-dealkylation sites (tertiary alicyclic amines) is 1. The summed E-state index contributed by atoms with van der Waals surface area (Å²) in [5.74, 6) is -1.77. The minimum absolute atomic E-state index is 0.00555. The van der Waals surface area contributed by atoms with Crippen molar-refractivity contribution in [3.63, 3.8) is 0 Å². The molecule has 1 saturated heterocycles. The van der Waals surface area contributed by atoms with Gasteiger partial charge in [0.2, 0.25) is 11.8 Å². The Hall–Kier alpha value is -1.59. The summed E-state index contributed by atoms with van der Waals surface area (Å²) in [5, 5.41) is 9.07. The summed E-state index contributed by atoms with van der Waals surface area (Å²) < 4.78 is 0. The number of likely N-dealkylation sites (N-methyl/N-ethyl adjacent to an activating group) is 1. The molecule has 0 aromatic rings. The molecule has 0 aromatic carbocycles. The third kappa shape index (κ3) is 4.71. The summed E-state index contributed by atoms with van der Waals surface area (Å²) in [4.78, 5) is 38.7. The molecular formula is C16H28N2O4. The molecule has 0 bridgehead atoms. The fourth-order valence-corrected chi connectivity index (χ4v) is 2.49. The molecule has 22 heavy (non-hydrogen) atoms. The number of amides is 2. The molecule has 0 aliphatic carbocycles. The quantitative estimate of drug-likeness (QED) is 0.852. The number of rotatable bonds is 4. The molecule has 2 atom stereocenters. The number of carbonyl (C=O) groups is 3. The first kappa shape index (κ1) is 18.5. The van der Waals surface area contributed by atoms with Crippen molar-refractivity contribution < 1.29 is 19.5 Å². The molecular weight excluding hydrogens is 284 g/mol. The van der Waals surface area contributed by atoms with Crippen LogP contribution >= 0.6 is 0 Å². The van der Waals surface area contributed by atoms with E-state index < -0.39 is 11.9 Å². The third-order valence-electron chi connectivity index (χ3n) is 4.54. The van der Waals surface area contributed by atoms with Crippen LogP contribution < -0.4 is 0 Å². The second-order valence-electron chi connectivity index (χ2n) is 7.30. The lowest BCUT2D eigenvalue weighted by atomic mass is 9.81. The van der Waals surface area contributed by atoms with Crippen LogP contribution in [-0.2, 0) is 14.4 Å². The van der Waals surface area contributed by atoms with Gasteiger partial charge in [0.15, 0.2) is 0 Å². The normalized spacial score (nSPS) is 20.4. The minimum Gasteiger partial charge on any atom is -0.481 e. The van der Waals surface area contributed by atoms with Crippen LogP contribution in [0.4, 0.5) is 0 Å². The monoisotopic (exact) mass is 312 g/mol. The van der Waals surface area contributed by atoms with Crippen LogP contribution in [0.3, 0.4) is 0 Å². The van der Waals surface area contributed by atoms with E-state index in [-0.39, 0.29) is 36.2 Å². The Balaban J connectivity index is 2.60. The summed E-state index contributed by atoms with van der Waals surface area (Å²) in [6.45, 7) is 8.66. The Bertz CT molecular complexity index is 442. The smallest absolute Gasteiger partial charge is 0.308 e. The highest BCUT2D eigenvalue weighted by Gasteiger charge is 2.32. The Labute approximate surface area is 132 Å². The molecule has 0 radical (unpaired) electrons. The van der Waals surface area contributed by atoms with Gasteiger partial charge in [-0.15, -0.1) is 0 Å². The van der Waals surface area contributed by atoms with E-state index in [0.29, 0.717) is 19.4 Å². The molecule has 0 saturated carbocycles. The highest BCUT2D eigenvalue weighted by Crippen LogP contribution is 2.26. The predicted octanol–water partition coefficient (Wildman–Crippen LogP) is 1.45. The van der Waals surface area contributed by atoms with Gasteiger partial charge in [-0.3, -0.25) is 14.4 Å². The van der Waals surface area contributed by atoms with Crippen LogP contribution in [0, 0.1) is 17.3 Å². The van der Waals surface area contributed by atoms with E-state index in [2.05, 4.69) is 0 Å². The molecule has 1 heterocycles. The summed E-state index contributed by atoms with van der Waals surface area (Å²) in [6.07, 6.45) is 1.30. The van der Waals surface area contributed by atoms with Crippen molar-refractivity contribution in [1.82, 2.24) is 9.80 Å². The highest BCUT2D eigenvalue weighted by molar-refractivity contribution is 5.86. The zero-order chi connectivity index (χ0) is 17.1. The summed E-state index contributed by atoms with van der Waals surface area (Å²) in [5.41, 5.74) is -0.159. The standard InChI is InChI=1S/C16H28N2O4/c1-11(16(2,3)4)14(20)17(5)10-13(19)18-8-6-7-12(9-18)15(21)22/h11-12H,6-10H2,1-5H3,(H,21,22). The van der Waals surface area contributed by atoms with Crippen LogP contribution in [0.1, 0.15) is 40.5 Å². The Morgan fingerprint density at radius 3 is 2.41 bits per heavy atom. The van der Waals surface area contributed by atoms with E-state index >= 15 is 0 Å². The predicted molar refractivity (Wildman–Crippen MR) is 83.2 cm³/mol. The molecule has 0 spiro atoms. The Kier molecular flexibility index (Phi) is 5.97. The maximum absolute atomic E-state index is 12.3. The maximum atomic E-state index is 12.3. The van der Waals surface area contributed by atoms with Crippen molar-refractivity contribution in [3.8, 4) is 0 Å². The van der Waals surface area contributed by atoms with E-state index in [1.54, 1.807) is 11.9 Å². The van der Waals surface area contributed by atoms with Crippen LogP contribution in [0.25, 0.3) is 0 Å². The van der Waals surface area contributed by atoms with Gasteiger partial charge in [-0.1, -0.05) is 27.7 Å². The van der Waals surface area contributed by atoms with Crippen LogP contribution in [0.5, 0.6) is 0 Å². The molecule has 1 N–H and O–H groups in total. The van der Waals surface area contributed by atoms with Gasteiger partial charge in [-0.2, -0.15) is 0 Å². The van der Waals surface area contributed by atoms with Gasteiger partial charge in [-0.05, 0) is 18.3 Å². The largest absolute Gasteiger partial charge is 0.481 e. The first-order chi connectivity index (χ1) is 10.0. The maximum Gasteiger partial charge on any atom is 0.308 e. The number of carboxylic acid groups (broad SMARTS) is 1. The first-order valence-electron chi connectivity index (χ1n) is 7.79. The van der Waals surface area contributed by atoms with Crippen molar-refractivity contribution in [1.29, 1.82) is 0 Å². The number of nitrogens with zero attached hydrogens (tertiary/aromatic N) is 2. The lowest BCUT2D eigenvalue weighted by Crippen LogP contribution is -2.48. The van der Waals surface area contributed by atoms with Gasteiger partial charge >= 0.3 is 5.97 Å². The topological polar surface area (TPSA) is 77.9 Å². The lowest BCUT2D eigenvalue weighted by Gasteiger charge is -2.34. The third-order valence-corrected chi connectivity index (χ3v) is 4.54. The van der Waals surface area contributed by atoms with Crippen molar-refractivity contribution >= 4 is 17.8 Å². The summed E-state index contributed by atoms with van der Waals surface area (Å²) in [6, 6.07) is 0. The first-order valence-corrected chi connectivity index (χ1v) is 7.79. The van der Waals surface area contributed by atoms with Gasteiger partial charge in [0.1, 0.15) is 0 Å². The van der Waals surface area contributed by atoms with Crippen LogP contribution in [-0.4, -0.2) is 59.4 Å². The van der Waals surface area contributed by atoms with Crippen molar-refractivity contribution in [2.75, 3.05) is 26.7 Å². The highest BCUT2D eigenvalue weighted by atomic mass is 16.4. The number of carbonyl (C=O) groups excluding carboxylic acids is 2. The number of carboxylic acids is 1. The fourth-order valence-electron chi connectivity index (χ4n) is 2.49. The Morgan fingerprint density at radius 2 is 1.91 bits per heavy atom. The molecule has 2 unspecified atom stereocenters. The van der Waals surface area contributed by atoms with E-state index in [1.165, 1.54) is 4.90 Å².